The molecule has 1 fully saturated rings. The number of rotatable bonds is 5. The van der Waals surface area contributed by atoms with Gasteiger partial charge in [-0.2, -0.15) is 0 Å². The van der Waals surface area contributed by atoms with Gasteiger partial charge in [0.1, 0.15) is 5.76 Å². The molecule has 150 valence electrons. The molecule has 0 aromatic carbocycles. The molecule has 1 saturated heterocycles. The first-order chi connectivity index (χ1) is 13.3. The van der Waals surface area contributed by atoms with Crippen LogP contribution in [0.1, 0.15) is 56.0 Å². The summed E-state index contributed by atoms with van der Waals surface area (Å²) in [5, 5.41) is 5.96. The largest absolute Gasteiger partial charge is 0.465 e. The minimum atomic E-state index is -0.308. The van der Waals surface area contributed by atoms with Crippen molar-refractivity contribution in [1.82, 2.24) is 15.2 Å². The van der Waals surface area contributed by atoms with Gasteiger partial charge in [0.2, 0.25) is 11.8 Å². The topological polar surface area (TPSA) is 75.4 Å². The Morgan fingerprint density at radius 1 is 1.36 bits per heavy atom. The first-order valence-corrected chi connectivity index (χ1v) is 10.4. The van der Waals surface area contributed by atoms with Crippen molar-refractivity contribution in [1.29, 1.82) is 0 Å². The monoisotopic (exact) mass is 401 g/mol. The Morgan fingerprint density at radius 2 is 2.11 bits per heavy atom. The number of hydrogen-bond donors (Lipinski definition) is 1. The quantitative estimate of drug-likeness (QED) is 0.777. The van der Waals surface area contributed by atoms with E-state index in [0.29, 0.717) is 24.8 Å². The molecule has 2 amide bonds. The van der Waals surface area contributed by atoms with Gasteiger partial charge in [-0.05, 0) is 31.1 Å². The van der Waals surface area contributed by atoms with E-state index < -0.39 is 0 Å². The minimum Gasteiger partial charge on any atom is -0.465 e. The van der Waals surface area contributed by atoms with Gasteiger partial charge in [0.05, 0.1) is 23.5 Å². The van der Waals surface area contributed by atoms with Crippen LogP contribution in [0, 0.1) is 0 Å². The van der Waals surface area contributed by atoms with Crippen molar-refractivity contribution >= 4 is 29.2 Å². The summed E-state index contributed by atoms with van der Waals surface area (Å²) in [6, 6.07) is 3.51. The molecule has 0 atom stereocenters. The molecule has 28 heavy (non-hydrogen) atoms. The molecule has 0 aliphatic carbocycles. The lowest BCUT2D eigenvalue weighted by Crippen LogP contribution is -2.43. The molecule has 1 aliphatic heterocycles. The molecule has 0 unspecified atom stereocenters. The summed E-state index contributed by atoms with van der Waals surface area (Å²) in [5.41, 5.74) is 1.20. The van der Waals surface area contributed by atoms with Crippen molar-refractivity contribution in [3.63, 3.8) is 0 Å². The standard InChI is InChI=1S/C21H27N3O3S/c1-21(2,3)17-14-28-20(23-17)15-8-10-24(11-9-15)19(26)13-22-18(25)7-6-16-5-4-12-27-16/h4-7,12,14-15H,8-11,13H2,1-3H3,(H,22,25). The van der Waals surface area contributed by atoms with E-state index in [0.717, 1.165) is 18.5 Å². The first kappa shape index (κ1) is 20.3. The van der Waals surface area contributed by atoms with E-state index in [-0.39, 0.29) is 23.8 Å². The lowest BCUT2D eigenvalue weighted by molar-refractivity contribution is -0.133. The molecular weight excluding hydrogens is 374 g/mol. The molecule has 0 bridgehead atoms. The van der Waals surface area contributed by atoms with E-state index in [1.165, 1.54) is 11.1 Å². The molecule has 2 aromatic rings. The third-order valence-electron chi connectivity index (χ3n) is 4.84. The fraction of sp³-hybridized carbons (Fsp3) is 0.476. The predicted octanol–water partition coefficient (Wildman–Crippen LogP) is 3.57. The maximum Gasteiger partial charge on any atom is 0.244 e. The Labute approximate surface area is 169 Å². The summed E-state index contributed by atoms with van der Waals surface area (Å²) in [6.07, 6.45) is 6.31. The van der Waals surface area contributed by atoms with Gasteiger partial charge < -0.3 is 14.6 Å². The number of aromatic nitrogens is 1. The van der Waals surface area contributed by atoms with Crippen molar-refractivity contribution in [2.75, 3.05) is 19.6 Å². The number of carbonyl (C=O) groups is 2. The van der Waals surface area contributed by atoms with Gasteiger partial charge >= 0.3 is 0 Å². The van der Waals surface area contributed by atoms with Crippen LogP contribution in [-0.4, -0.2) is 41.3 Å². The van der Waals surface area contributed by atoms with Gasteiger partial charge in [-0.25, -0.2) is 4.98 Å². The van der Waals surface area contributed by atoms with Crippen LogP contribution in [0.3, 0.4) is 0 Å². The molecule has 3 rings (SSSR count). The normalized spacial score (nSPS) is 15.9. The third-order valence-corrected chi connectivity index (χ3v) is 5.85. The summed E-state index contributed by atoms with van der Waals surface area (Å²) in [7, 11) is 0. The fourth-order valence-electron chi connectivity index (χ4n) is 3.07. The zero-order chi connectivity index (χ0) is 20.1. The summed E-state index contributed by atoms with van der Waals surface area (Å²) >= 11 is 1.72. The molecule has 2 aromatic heterocycles. The SMILES string of the molecule is CC(C)(C)c1csc(C2CCN(C(=O)CNC(=O)C=Cc3ccco3)CC2)n1. The van der Waals surface area contributed by atoms with Crippen LogP contribution >= 0.6 is 11.3 Å². The van der Waals surface area contributed by atoms with Crippen LogP contribution < -0.4 is 5.32 Å². The van der Waals surface area contributed by atoms with Gasteiger partial charge in [0, 0.05) is 35.9 Å². The number of piperidine rings is 1. The summed E-state index contributed by atoms with van der Waals surface area (Å²) in [6.45, 7) is 7.93. The molecule has 0 spiro atoms. The first-order valence-electron chi connectivity index (χ1n) is 9.56. The van der Waals surface area contributed by atoms with Gasteiger partial charge in [-0.15, -0.1) is 11.3 Å². The van der Waals surface area contributed by atoms with E-state index in [4.69, 9.17) is 9.40 Å². The van der Waals surface area contributed by atoms with Crippen LogP contribution in [0.5, 0.6) is 0 Å². The molecular formula is C21H27N3O3S. The molecule has 1 N–H and O–H groups in total. The van der Waals surface area contributed by atoms with E-state index in [1.54, 1.807) is 35.8 Å². The Kier molecular flexibility index (Phi) is 6.34. The summed E-state index contributed by atoms with van der Waals surface area (Å²) in [4.78, 5) is 30.8. The van der Waals surface area contributed by atoms with Gasteiger partial charge in [-0.3, -0.25) is 9.59 Å². The second kappa shape index (κ2) is 8.73. The van der Waals surface area contributed by atoms with Crippen LogP contribution in [0.2, 0.25) is 0 Å². The molecule has 7 heteroatoms. The number of carbonyl (C=O) groups excluding carboxylic acids is 2. The Bertz CT molecular complexity index is 825. The number of hydrogen-bond acceptors (Lipinski definition) is 5. The highest BCUT2D eigenvalue weighted by Crippen LogP contribution is 2.33. The highest BCUT2D eigenvalue weighted by atomic mass is 32.1. The fourth-order valence-corrected chi connectivity index (χ4v) is 4.29. The van der Waals surface area contributed by atoms with Gasteiger partial charge in [0.15, 0.2) is 0 Å². The minimum absolute atomic E-state index is 0.0113. The molecule has 3 heterocycles. The Morgan fingerprint density at radius 3 is 2.71 bits per heavy atom. The average Bonchev–Trinajstić information content (AvgIpc) is 3.36. The van der Waals surface area contributed by atoms with Crippen molar-refractivity contribution in [3.8, 4) is 0 Å². The Hall–Kier alpha value is -2.41. The van der Waals surface area contributed by atoms with E-state index in [1.807, 2.05) is 4.90 Å². The number of furan rings is 1. The van der Waals surface area contributed by atoms with Crippen molar-refractivity contribution in [2.45, 2.75) is 44.9 Å². The number of nitrogens with one attached hydrogen (secondary N) is 1. The van der Waals surface area contributed by atoms with Crippen LogP contribution in [0.4, 0.5) is 0 Å². The maximum atomic E-state index is 12.4. The number of likely N-dealkylation sites (tertiary alicyclic amines) is 1. The predicted molar refractivity (Wildman–Crippen MR) is 110 cm³/mol. The number of thiazole rings is 1. The third kappa shape index (κ3) is 5.32. The maximum absolute atomic E-state index is 12.4. The number of amides is 2. The van der Waals surface area contributed by atoms with Crippen LogP contribution in [0.25, 0.3) is 6.08 Å². The van der Waals surface area contributed by atoms with Crippen LogP contribution in [0.15, 0.2) is 34.3 Å². The number of nitrogens with zero attached hydrogens (tertiary/aromatic N) is 2. The molecule has 6 nitrogen and oxygen atoms in total. The average molecular weight is 402 g/mol. The van der Waals surface area contributed by atoms with Crippen molar-refractivity contribution in [3.05, 3.63) is 46.3 Å². The smallest absolute Gasteiger partial charge is 0.244 e. The second-order valence-corrected chi connectivity index (χ2v) is 8.93. The summed E-state index contributed by atoms with van der Waals surface area (Å²) < 4.78 is 5.12. The highest BCUT2D eigenvalue weighted by molar-refractivity contribution is 7.09. The molecule has 0 radical (unpaired) electrons. The zero-order valence-corrected chi connectivity index (χ0v) is 17.4. The van der Waals surface area contributed by atoms with Crippen LogP contribution in [-0.2, 0) is 15.0 Å². The van der Waals surface area contributed by atoms with E-state index in [9.17, 15) is 9.59 Å². The van der Waals surface area contributed by atoms with Crippen molar-refractivity contribution in [2.24, 2.45) is 0 Å². The lowest BCUT2D eigenvalue weighted by Gasteiger charge is -2.31. The zero-order valence-electron chi connectivity index (χ0n) is 16.6. The van der Waals surface area contributed by atoms with E-state index >= 15 is 0 Å². The van der Waals surface area contributed by atoms with E-state index in [2.05, 4.69) is 31.5 Å². The highest BCUT2D eigenvalue weighted by Gasteiger charge is 2.27. The molecule has 1 aliphatic rings. The second-order valence-electron chi connectivity index (χ2n) is 8.04. The van der Waals surface area contributed by atoms with Gasteiger partial charge in [0.25, 0.3) is 0 Å². The Balaban J connectivity index is 1.43. The summed E-state index contributed by atoms with van der Waals surface area (Å²) in [5.74, 6) is 0.654. The van der Waals surface area contributed by atoms with Crippen molar-refractivity contribution < 1.29 is 14.0 Å². The lowest BCUT2D eigenvalue weighted by atomic mass is 9.93. The van der Waals surface area contributed by atoms with Gasteiger partial charge in [-0.1, -0.05) is 20.8 Å². The molecule has 0 saturated carbocycles.